The number of pyridine rings is 1. The maximum Gasteiger partial charge on any atom is 0.273 e. The zero-order valence-electron chi connectivity index (χ0n) is 13.0. The first-order valence-electron chi connectivity index (χ1n) is 7.45. The molecule has 2 rings (SSSR count). The number of nitrogens with two attached hydrogens (primary N) is 1. The SMILES string of the molecule is CCC(CC)(CN)NC(=O)c1cn(Cc2ccccn2)nn1. The highest BCUT2D eigenvalue weighted by Gasteiger charge is 2.27. The van der Waals surface area contributed by atoms with Gasteiger partial charge < -0.3 is 11.1 Å². The summed E-state index contributed by atoms with van der Waals surface area (Å²) in [4.78, 5) is 16.5. The van der Waals surface area contributed by atoms with E-state index in [4.69, 9.17) is 5.73 Å². The van der Waals surface area contributed by atoms with Gasteiger partial charge in [-0.15, -0.1) is 5.10 Å². The molecule has 1 amide bonds. The highest BCUT2D eigenvalue weighted by atomic mass is 16.2. The van der Waals surface area contributed by atoms with Crippen molar-refractivity contribution in [3.63, 3.8) is 0 Å². The lowest BCUT2D eigenvalue weighted by atomic mass is 9.93. The summed E-state index contributed by atoms with van der Waals surface area (Å²) < 4.78 is 1.60. The predicted octanol–water partition coefficient (Wildman–Crippen LogP) is 0.969. The van der Waals surface area contributed by atoms with Gasteiger partial charge in [-0.3, -0.25) is 9.78 Å². The highest BCUT2D eigenvalue weighted by Crippen LogP contribution is 2.14. The summed E-state index contributed by atoms with van der Waals surface area (Å²) in [5.41, 5.74) is 6.56. The molecule has 0 aliphatic heterocycles. The van der Waals surface area contributed by atoms with Gasteiger partial charge in [0, 0.05) is 12.7 Å². The monoisotopic (exact) mass is 302 g/mol. The van der Waals surface area contributed by atoms with Crippen LogP contribution in [0.15, 0.2) is 30.6 Å². The van der Waals surface area contributed by atoms with Crippen LogP contribution >= 0.6 is 0 Å². The Morgan fingerprint density at radius 3 is 2.73 bits per heavy atom. The largest absolute Gasteiger partial charge is 0.344 e. The van der Waals surface area contributed by atoms with Gasteiger partial charge in [-0.25, -0.2) is 4.68 Å². The fraction of sp³-hybridized carbons (Fsp3) is 0.467. The fourth-order valence-corrected chi connectivity index (χ4v) is 2.21. The van der Waals surface area contributed by atoms with Crippen LogP contribution in [0.4, 0.5) is 0 Å². The van der Waals surface area contributed by atoms with Gasteiger partial charge in [0.05, 0.1) is 24.0 Å². The number of nitrogens with zero attached hydrogens (tertiary/aromatic N) is 4. The van der Waals surface area contributed by atoms with Gasteiger partial charge in [0.25, 0.3) is 5.91 Å². The number of nitrogens with one attached hydrogen (secondary N) is 1. The van der Waals surface area contributed by atoms with Gasteiger partial charge >= 0.3 is 0 Å². The number of aromatic nitrogens is 4. The van der Waals surface area contributed by atoms with Gasteiger partial charge in [0.2, 0.25) is 0 Å². The quantitative estimate of drug-likeness (QED) is 0.794. The molecule has 22 heavy (non-hydrogen) atoms. The lowest BCUT2D eigenvalue weighted by molar-refractivity contribution is 0.0890. The van der Waals surface area contributed by atoms with Gasteiger partial charge in [0.1, 0.15) is 0 Å². The Balaban J connectivity index is 2.06. The normalized spacial score (nSPS) is 11.4. The van der Waals surface area contributed by atoms with E-state index in [2.05, 4.69) is 20.6 Å². The second-order valence-electron chi connectivity index (χ2n) is 5.27. The fourth-order valence-electron chi connectivity index (χ4n) is 2.21. The van der Waals surface area contributed by atoms with Crippen molar-refractivity contribution in [1.29, 1.82) is 0 Å². The van der Waals surface area contributed by atoms with Crippen molar-refractivity contribution in [1.82, 2.24) is 25.3 Å². The van der Waals surface area contributed by atoms with Crippen LogP contribution in [0.1, 0.15) is 42.9 Å². The number of carbonyl (C=O) groups is 1. The van der Waals surface area contributed by atoms with Crippen LogP contribution in [0.2, 0.25) is 0 Å². The second-order valence-corrected chi connectivity index (χ2v) is 5.27. The van der Waals surface area contributed by atoms with E-state index in [1.54, 1.807) is 17.1 Å². The van der Waals surface area contributed by atoms with Gasteiger partial charge in [-0.1, -0.05) is 25.1 Å². The Hall–Kier alpha value is -2.28. The van der Waals surface area contributed by atoms with Crippen LogP contribution in [0, 0.1) is 0 Å². The van der Waals surface area contributed by atoms with E-state index in [1.807, 2.05) is 32.0 Å². The van der Waals surface area contributed by atoms with Gasteiger partial charge in [0.15, 0.2) is 5.69 Å². The molecule has 0 spiro atoms. The molecule has 0 aromatic carbocycles. The van der Waals surface area contributed by atoms with E-state index in [0.717, 1.165) is 18.5 Å². The summed E-state index contributed by atoms with van der Waals surface area (Å²) in [5, 5.41) is 10.9. The maximum absolute atomic E-state index is 12.3. The third kappa shape index (κ3) is 3.67. The molecular weight excluding hydrogens is 280 g/mol. The topological polar surface area (TPSA) is 98.7 Å². The molecule has 2 aromatic rings. The maximum atomic E-state index is 12.3. The van der Waals surface area contributed by atoms with Crippen molar-refractivity contribution in [2.75, 3.05) is 6.54 Å². The molecular formula is C15H22N6O. The molecule has 0 unspecified atom stereocenters. The summed E-state index contributed by atoms with van der Waals surface area (Å²) in [6.07, 6.45) is 4.89. The molecule has 3 N–H and O–H groups in total. The van der Waals surface area contributed by atoms with Crippen molar-refractivity contribution < 1.29 is 4.79 Å². The van der Waals surface area contributed by atoms with E-state index in [9.17, 15) is 4.79 Å². The molecule has 7 heteroatoms. The highest BCUT2D eigenvalue weighted by molar-refractivity contribution is 5.92. The van der Waals surface area contributed by atoms with E-state index in [-0.39, 0.29) is 17.1 Å². The van der Waals surface area contributed by atoms with Crippen LogP contribution in [-0.2, 0) is 6.54 Å². The average Bonchev–Trinajstić information content (AvgIpc) is 3.02. The Kier molecular flexibility index (Phi) is 5.21. The van der Waals surface area contributed by atoms with Gasteiger partial charge in [-0.2, -0.15) is 0 Å². The van der Waals surface area contributed by atoms with Gasteiger partial charge in [-0.05, 0) is 25.0 Å². The Morgan fingerprint density at radius 1 is 1.36 bits per heavy atom. The van der Waals surface area contributed by atoms with Crippen molar-refractivity contribution >= 4 is 5.91 Å². The second kappa shape index (κ2) is 7.13. The van der Waals surface area contributed by atoms with Crippen LogP contribution in [-0.4, -0.2) is 38.0 Å². The third-order valence-corrected chi connectivity index (χ3v) is 3.94. The molecule has 118 valence electrons. The van der Waals surface area contributed by atoms with E-state index < -0.39 is 0 Å². The molecule has 2 aromatic heterocycles. The zero-order chi connectivity index (χ0) is 16.0. The molecule has 7 nitrogen and oxygen atoms in total. The molecule has 0 saturated carbocycles. The number of hydrogen-bond donors (Lipinski definition) is 2. The molecule has 0 aliphatic carbocycles. The summed E-state index contributed by atoms with van der Waals surface area (Å²) in [5.74, 6) is -0.249. The first-order valence-corrected chi connectivity index (χ1v) is 7.45. The van der Waals surface area contributed by atoms with Crippen molar-refractivity contribution in [2.45, 2.75) is 38.8 Å². The molecule has 0 aliphatic rings. The Labute approximate surface area is 129 Å². The number of amides is 1. The molecule has 0 radical (unpaired) electrons. The average molecular weight is 302 g/mol. The minimum Gasteiger partial charge on any atom is -0.344 e. The van der Waals surface area contributed by atoms with E-state index in [0.29, 0.717) is 13.1 Å². The molecule has 0 fully saturated rings. The first-order chi connectivity index (χ1) is 10.6. The van der Waals surface area contributed by atoms with Crippen LogP contribution in [0.5, 0.6) is 0 Å². The number of hydrogen-bond acceptors (Lipinski definition) is 5. The van der Waals surface area contributed by atoms with E-state index in [1.165, 1.54) is 0 Å². The smallest absolute Gasteiger partial charge is 0.273 e. The van der Waals surface area contributed by atoms with Crippen LogP contribution in [0.3, 0.4) is 0 Å². The molecule has 2 heterocycles. The number of rotatable bonds is 7. The third-order valence-electron chi connectivity index (χ3n) is 3.94. The van der Waals surface area contributed by atoms with Crippen molar-refractivity contribution in [3.05, 3.63) is 42.0 Å². The van der Waals surface area contributed by atoms with E-state index >= 15 is 0 Å². The lowest BCUT2D eigenvalue weighted by Crippen LogP contribution is -2.53. The summed E-state index contributed by atoms with van der Waals surface area (Å²) >= 11 is 0. The predicted molar refractivity (Wildman–Crippen MR) is 83.2 cm³/mol. The summed E-state index contributed by atoms with van der Waals surface area (Å²) in [7, 11) is 0. The summed E-state index contributed by atoms with van der Waals surface area (Å²) in [6, 6.07) is 5.66. The standard InChI is InChI=1S/C15H22N6O/c1-3-15(4-2,11-16)18-14(22)13-10-21(20-19-13)9-12-7-5-6-8-17-12/h5-8,10H,3-4,9,11,16H2,1-2H3,(H,18,22). The molecule has 0 atom stereocenters. The minimum atomic E-state index is -0.387. The minimum absolute atomic E-state index is 0.249. The lowest BCUT2D eigenvalue weighted by Gasteiger charge is -2.30. The zero-order valence-corrected chi connectivity index (χ0v) is 13.0. The summed E-state index contributed by atoms with van der Waals surface area (Å²) in [6.45, 7) is 4.89. The Bertz CT molecular complexity index is 597. The number of carbonyl (C=O) groups excluding carboxylic acids is 1. The van der Waals surface area contributed by atoms with Crippen molar-refractivity contribution in [3.8, 4) is 0 Å². The molecule has 0 saturated heterocycles. The van der Waals surface area contributed by atoms with Crippen LogP contribution < -0.4 is 11.1 Å². The van der Waals surface area contributed by atoms with Crippen molar-refractivity contribution in [2.24, 2.45) is 5.73 Å². The Morgan fingerprint density at radius 2 is 2.14 bits per heavy atom. The molecule has 0 bridgehead atoms. The first kappa shape index (κ1) is 16.1. The van der Waals surface area contributed by atoms with Crippen LogP contribution in [0.25, 0.3) is 0 Å².